The van der Waals surface area contributed by atoms with Crippen molar-refractivity contribution in [2.75, 3.05) is 58.9 Å². The van der Waals surface area contributed by atoms with Crippen molar-refractivity contribution in [3.05, 3.63) is 0 Å². The molecule has 0 saturated heterocycles. The van der Waals surface area contributed by atoms with Crippen molar-refractivity contribution >= 4 is 29.8 Å². The molecular weight excluding hydrogens is 562 g/mol. The summed E-state index contributed by atoms with van der Waals surface area (Å²) in [5.74, 6) is -6.16. The quantitative estimate of drug-likeness (QED) is 0.106. The fourth-order valence-electron chi connectivity index (χ4n) is 2.22. The molecule has 0 rings (SSSR count). The van der Waals surface area contributed by atoms with Crippen LogP contribution in [0.3, 0.4) is 0 Å². The van der Waals surface area contributed by atoms with E-state index in [4.69, 9.17) is 25.5 Å². The fourth-order valence-corrected chi connectivity index (χ4v) is 2.22. The van der Waals surface area contributed by atoms with Gasteiger partial charge in [0.25, 0.3) is 0 Å². The van der Waals surface area contributed by atoms with Crippen LogP contribution < -0.4 is 63.8 Å². The smallest absolute Gasteiger partial charge is 1.00 e. The van der Waals surface area contributed by atoms with Gasteiger partial charge in [-0.3, -0.25) is 38.7 Å². The molecule has 0 spiro atoms. The van der Waals surface area contributed by atoms with Crippen LogP contribution in [-0.4, -0.2) is 134 Å². The largest absolute Gasteiger partial charge is 3.00 e. The van der Waals surface area contributed by atoms with Gasteiger partial charge in [-0.2, -0.15) is 0 Å². The summed E-state index contributed by atoms with van der Waals surface area (Å²) in [4.78, 5) is 57.6. The van der Waals surface area contributed by atoms with Gasteiger partial charge in [-0.05, 0) is 0 Å². The molecule has 0 aromatic rings. The molecule has 7 N–H and O–H groups in total. The Balaban J connectivity index is -0.000000563. The van der Waals surface area contributed by atoms with Crippen LogP contribution in [0.1, 0.15) is 0 Å². The predicted octanol–water partition coefficient (Wildman–Crippen LogP) is -9.50. The van der Waals surface area contributed by atoms with Crippen LogP contribution >= 0.6 is 0 Å². The van der Waals surface area contributed by atoms with E-state index in [2.05, 4.69) is 0 Å². The molecule has 0 aliphatic carbocycles. The molecule has 175 valence electrons. The van der Waals surface area contributed by atoms with Gasteiger partial charge in [0.1, 0.15) is 0 Å². The van der Waals surface area contributed by atoms with Crippen molar-refractivity contribution in [2.45, 2.75) is 0 Å². The molecule has 0 aliphatic heterocycles. The summed E-state index contributed by atoms with van der Waals surface area (Å²) >= 11 is 0. The Hall–Kier alpha value is -0.260. The summed E-state index contributed by atoms with van der Waals surface area (Å²) in [6.45, 7) is -2.74. The Morgan fingerprint density at radius 2 is 0.645 bits per heavy atom. The summed E-state index contributed by atoms with van der Waals surface area (Å²) in [6, 6.07) is 0. The predicted molar refractivity (Wildman–Crippen MR) is 91.1 cm³/mol. The Morgan fingerprint density at radius 1 is 0.484 bits per heavy atom. The van der Waals surface area contributed by atoms with Crippen LogP contribution in [0.25, 0.3) is 0 Å². The SMILES string of the molecule is O.O=C(O)CN(CCN(CC(=O)O)CC(=O)O)CCN(CC(=O)O)CC(=O)O.[Cl-].[K+].[Ru+3]. The van der Waals surface area contributed by atoms with Gasteiger partial charge < -0.3 is 43.4 Å². The van der Waals surface area contributed by atoms with Crippen LogP contribution in [0.15, 0.2) is 0 Å². The second kappa shape index (κ2) is 22.9. The normalized spacial score (nSPS) is 9.65. The maximum Gasteiger partial charge on any atom is 3.00 e. The van der Waals surface area contributed by atoms with E-state index in [1.165, 1.54) is 4.90 Å². The number of carboxylic acid groups (broad SMARTS) is 5. The average Bonchev–Trinajstić information content (AvgIpc) is 2.46. The van der Waals surface area contributed by atoms with Gasteiger partial charge in [-0.15, -0.1) is 0 Å². The van der Waals surface area contributed by atoms with Crippen LogP contribution in [-0.2, 0) is 43.5 Å². The third-order valence-electron chi connectivity index (χ3n) is 3.26. The average molecular weight is 587 g/mol. The van der Waals surface area contributed by atoms with Crippen molar-refractivity contribution in [3.63, 3.8) is 0 Å². The summed E-state index contributed by atoms with van der Waals surface area (Å²) in [5.41, 5.74) is 0. The third kappa shape index (κ3) is 25.9. The number of hydrogen-bond donors (Lipinski definition) is 5. The number of carbonyl (C=O) groups is 5. The van der Waals surface area contributed by atoms with Crippen molar-refractivity contribution in [2.24, 2.45) is 0 Å². The molecule has 0 aromatic heterocycles. The van der Waals surface area contributed by atoms with E-state index in [0.717, 1.165) is 9.80 Å². The van der Waals surface area contributed by atoms with E-state index in [1.54, 1.807) is 0 Å². The number of hydrogen-bond acceptors (Lipinski definition) is 8. The summed E-state index contributed by atoms with van der Waals surface area (Å²) < 4.78 is 0. The topological polar surface area (TPSA) is 228 Å². The molecule has 0 aliphatic rings. The second-order valence-corrected chi connectivity index (χ2v) is 5.67. The summed E-state index contributed by atoms with van der Waals surface area (Å²) in [6.07, 6.45) is 0. The first-order valence-corrected chi connectivity index (χ1v) is 7.75. The van der Waals surface area contributed by atoms with E-state index < -0.39 is 62.6 Å². The van der Waals surface area contributed by atoms with Crippen LogP contribution in [0.5, 0.6) is 0 Å². The minimum absolute atomic E-state index is 0. The zero-order valence-electron chi connectivity index (χ0n) is 16.7. The van der Waals surface area contributed by atoms with Crippen LogP contribution in [0.4, 0.5) is 0 Å². The monoisotopic (exact) mass is 587 g/mol. The van der Waals surface area contributed by atoms with Gasteiger partial charge in [0.2, 0.25) is 0 Å². The van der Waals surface area contributed by atoms with E-state index in [0.29, 0.717) is 0 Å². The first-order chi connectivity index (χ1) is 12.5. The van der Waals surface area contributed by atoms with Gasteiger partial charge >= 0.3 is 101 Å². The van der Waals surface area contributed by atoms with Gasteiger partial charge in [0.15, 0.2) is 0 Å². The first kappa shape index (κ1) is 41.0. The van der Waals surface area contributed by atoms with Gasteiger partial charge in [-0.25, -0.2) is 0 Å². The maximum absolute atomic E-state index is 11.0. The van der Waals surface area contributed by atoms with Gasteiger partial charge in [-0.1, -0.05) is 0 Å². The molecular formula is C14H25ClKN3O11Ru+3. The third-order valence-corrected chi connectivity index (χ3v) is 3.26. The molecule has 0 fully saturated rings. The van der Waals surface area contributed by atoms with Crippen molar-refractivity contribution < 1.29 is 138 Å². The molecule has 0 amide bonds. The fraction of sp³-hybridized carbons (Fsp3) is 0.643. The number of carboxylic acids is 5. The van der Waals surface area contributed by atoms with Crippen molar-refractivity contribution in [1.29, 1.82) is 0 Å². The van der Waals surface area contributed by atoms with Crippen molar-refractivity contribution in [3.8, 4) is 0 Å². The maximum atomic E-state index is 11.0. The minimum Gasteiger partial charge on any atom is -1.00 e. The standard InChI is InChI=1S/C14H23N3O10.ClH.K.H2O.Ru/c18-10(19)5-15(1-3-16(6-11(20)21)7-12(22)23)2-4-17(8-13(24)25)9-14(26)27;;;;/h1-9H2,(H,18,19)(H,20,21)(H,22,23)(H,24,25)(H,26,27);1H;;1H2;/q;;+1;;+3/p-1. The summed E-state index contributed by atoms with van der Waals surface area (Å²) in [7, 11) is 0. The van der Waals surface area contributed by atoms with Gasteiger partial charge in [0.05, 0.1) is 32.7 Å². The van der Waals surface area contributed by atoms with E-state index >= 15 is 0 Å². The van der Waals surface area contributed by atoms with Gasteiger partial charge in [0, 0.05) is 26.2 Å². The Morgan fingerprint density at radius 3 is 0.839 bits per heavy atom. The Labute approximate surface area is 239 Å². The van der Waals surface area contributed by atoms with E-state index in [9.17, 15) is 24.0 Å². The molecule has 0 atom stereocenters. The molecule has 17 heteroatoms. The molecule has 14 nitrogen and oxygen atoms in total. The second-order valence-electron chi connectivity index (χ2n) is 5.67. The number of aliphatic carboxylic acids is 5. The molecule has 0 heterocycles. The Kier molecular flexibility index (Phi) is 30.3. The minimum atomic E-state index is -1.24. The molecule has 0 aromatic carbocycles. The zero-order valence-corrected chi connectivity index (χ0v) is 22.3. The zero-order chi connectivity index (χ0) is 21.0. The van der Waals surface area contributed by atoms with E-state index in [-0.39, 0.29) is 115 Å². The van der Waals surface area contributed by atoms with E-state index in [1.807, 2.05) is 0 Å². The van der Waals surface area contributed by atoms with Crippen LogP contribution in [0.2, 0.25) is 0 Å². The molecule has 0 bridgehead atoms. The molecule has 31 heavy (non-hydrogen) atoms. The summed E-state index contributed by atoms with van der Waals surface area (Å²) in [5, 5.41) is 44.1. The van der Waals surface area contributed by atoms with Crippen LogP contribution in [0, 0.1) is 0 Å². The molecule has 0 unspecified atom stereocenters. The number of halogens is 1. The van der Waals surface area contributed by atoms with Crippen molar-refractivity contribution in [1.82, 2.24) is 14.7 Å². The number of rotatable bonds is 16. The first-order valence-electron chi connectivity index (χ1n) is 7.75. The molecule has 0 saturated carbocycles. The Bertz CT molecular complexity index is 502. The molecule has 1 radical (unpaired) electrons. The number of nitrogens with zero attached hydrogens (tertiary/aromatic N) is 3.